The predicted molar refractivity (Wildman–Crippen MR) is 71.0 cm³/mol. The van der Waals surface area contributed by atoms with Gasteiger partial charge in [-0.3, -0.25) is 4.79 Å². The van der Waals surface area contributed by atoms with E-state index >= 15 is 0 Å². The summed E-state index contributed by atoms with van der Waals surface area (Å²) in [5.74, 6) is -0.265. The highest BCUT2D eigenvalue weighted by Crippen LogP contribution is 2.30. The number of aliphatic hydroxyl groups excluding tert-OH is 1. The summed E-state index contributed by atoms with van der Waals surface area (Å²) in [7, 11) is 0. The van der Waals surface area contributed by atoms with Gasteiger partial charge in [-0.25, -0.2) is 0 Å². The number of esters is 1. The first-order valence-corrected chi connectivity index (χ1v) is 5.88. The fourth-order valence-electron chi connectivity index (χ4n) is 1.87. The molecule has 1 heterocycles. The van der Waals surface area contributed by atoms with Crippen LogP contribution in [-0.2, 0) is 9.53 Å². The van der Waals surface area contributed by atoms with Crippen molar-refractivity contribution in [1.82, 2.24) is 5.32 Å². The second-order valence-electron chi connectivity index (χ2n) is 3.94. The summed E-state index contributed by atoms with van der Waals surface area (Å²) in [6, 6.07) is 6.93. The lowest BCUT2D eigenvalue weighted by Gasteiger charge is -2.09. The molecule has 0 aromatic heterocycles. The maximum Gasteiger partial charge on any atom is 0.323 e. The summed E-state index contributed by atoms with van der Waals surface area (Å²) in [5, 5.41) is 12.3. The number of benzene rings is 1. The van der Waals surface area contributed by atoms with Gasteiger partial charge in [-0.1, -0.05) is 23.7 Å². The van der Waals surface area contributed by atoms with Crippen molar-refractivity contribution in [1.29, 1.82) is 0 Å². The maximum absolute atomic E-state index is 11.5. The van der Waals surface area contributed by atoms with E-state index < -0.39 is 0 Å². The van der Waals surface area contributed by atoms with Crippen LogP contribution >= 0.6 is 24.0 Å². The van der Waals surface area contributed by atoms with Gasteiger partial charge in [0.2, 0.25) is 0 Å². The van der Waals surface area contributed by atoms with Crippen molar-refractivity contribution >= 4 is 30.0 Å². The number of halogens is 2. The lowest BCUT2D eigenvalue weighted by molar-refractivity contribution is -0.143. The molecule has 100 valence electrons. The Balaban J connectivity index is 0.00000162. The molecule has 0 amide bonds. The lowest BCUT2D eigenvalue weighted by atomic mass is 10.0. The number of hydrogen-bond donors (Lipinski definition) is 2. The molecule has 0 aliphatic carbocycles. The molecule has 1 fully saturated rings. The van der Waals surface area contributed by atoms with Crippen LogP contribution in [0.5, 0.6) is 0 Å². The molecule has 0 spiro atoms. The monoisotopic (exact) mass is 291 g/mol. The quantitative estimate of drug-likeness (QED) is 0.829. The van der Waals surface area contributed by atoms with E-state index in [1.807, 2.05) is 12.1 Å². The third-order valence-corrected chi connectivity index (χ3v) is 2.99. The second kappa shape index (κ2) is 6.95. The van der Waals surface area contributed by atoms with Crippen LogP contribution in [-0.4, -0.2) is 30.3 Å². The van der Waals surface area contributed by atoms with Crippen molar-refractivity contribution in [2.45, 2.75) is 18.6 Å². The molecule has 2 rings (SSSR count). The van der Waals surface area contributed by atoms with Gasteiger partial charge in [-0.05, 0) is 17.7 Å². The van der Waals surface area contributed by atoms with Crippen molar-refractivity contribution < 1.29 is 14.6 Å². The zero-order valence-electron chi connectivity index (χ0n) is 9.64. The summed E-state index contributed by atoms with van der Waals surface area (Å²) in [6.07, 6.45) is 0.358. The fourth-order valence-corrected chi connectivity index (χ4v) is 1.99. The van der Waals surface area contributed by atoms with Crippen LogP contribution in [0.1, 0.15) is 18.1 Å². The summed E-state index contributed by atoms with van der Waals surface area (Å²) >= 11 is 5.80. The Morgan fingerprint density at radius 1 is 1.39 bits per heavy atom. The largest absolute Gasteiger partial charge is 0.456 e. The molecule has 1 aliphatic rings. The van der Waals surface area contributed by atoms with Gasteiger partial charge in [0, 0.05) is 18.0 Å². The molecule has 1 aliphatic heterocycles. The van der Waals surface area contributed by atoms with E-state index in [1.165, 1.54) is 0 Å². The van der Waals surface area contributed by atoms with E-state index in [9.17, 15) is 4.79 Å². The Kier molecular flexibility index (Phi) is 5.88. The highest BCUT2D eigenvalue weighted by molar-refractivity contribution is 6.30. The van der Waals surface area contributed by atoms with E-state index in [1.54, 1.807) is 12.1 Å². The molecule has 2 unspecified atom stereocenters. The maximum atomic E-state index is 11.5. The first-order valence-electron chi connectivity index (χ1n) is 5.51. The molecule has 1 saturated heterocycles. The molecule has 2 N–H and O–H groups in total. The Morgan fingerprint density at radius 2 is 2.06 bits per heavy atom. The Bertz CT molecular complexity index is 397. The van der Waals surface area contributed by atoms with E-state index in [0.29, 0.717) is 18.0 Å². The van der Waals surface area contributed by atoms with Crippen LogP contribution < -0.4 is 5.32 Å². The predicted octanol–water partition coefficient (Wildman–Crippen LogP) is 1.70. The zero-order valence-corrected chi connectivity index (χ0v) is 11.2. The first-order chi connectivity index (χ1) is 8.20. The van der Waals surface area contributed by atoms with E-state index in [0.717, 1.165) is 5.56 Å². The third kappa shape index (κ3) is 3.59. The van der Waals surface area contributed by atoms with E-state index in [4.69, 9.17) is 21.4 Å². The molecule has 2 atom stereocenters. The minimum Gasteiger partial charge on any atom is -0.456 e. The highest BCUT2D eigenvalue weighted by Gasteiger charge is 2.34. The summed E-state index contributed by atoms with van der Waals surface area (Å²) in [4.78, 5) is 11.5. The summed E-state index contributed by atoms with van der Waals surface area (Å²) < 4.78 is 5.27. The Labute approximate surface area is 117 Å². The molecule has 0 radical (unpaired) electrons. The van der Waals surface area contributed by atoms with Crippen LogP contribution in [0.2, 0.25) is 5.02 Å². The Hall–Kier alpha value is -0.810. The van der Waals surface area contributed by atoms with Gasteiger partial charge >= 0.3 is 5.97 Å². The molecular formula is C12H15Cl2NO3. The number of carbonyl (C=O) groups is 1. The topological polar surface area (TPSA) is 58.6 Å². The van der Waals surface area contributed by atoms with Gasteiger partial charge in [-0.15, -0.1) is 12.4 Å². The van der Waals surface area contributed by atoms with Gasteiger partial charge in [-0.2, -0.15) is 0 Å². The SMILES string of the molecule is Cl.O=C1OC(c2ccc(Cl)cc2)CC1NCCO. The lowest BCUT2D eigenvalue weighted by Crippen LogP contribution is -2.34. The minimum atomic E-state index is -0.331. The number of ether oxygens (including phenoxy) is 1. The van der Waals surface area contributed by atoms with Crippen molar-refractivity contribution in [3.63, 3.8) is 0 Å². The minimum absolute atomic E-state index is 0. The standard InChI is InChI=1S/C12H14ClNO3.ClH/c13-9-3-1-8(2-4-9)11-7-10(12(16)17-11)14-5-6-15;/h1-4,10-11,14-15H,5-7H2;1H. The average molecular weight is 292 g/mol. The number of cyclic esters (lactones) is 1. The molecular weight excluding hydrogens is 277 g/mol. The Morgan fingerprint density at radius 3 is 2.67 bits per heavy atom. The molecule has 0 bridgehead atoms. The first kappa shape index (κ1) is 15.2. The van der Waals surface area contributed by atoms with Crippen LogP contribution in [0.25, 0.3) is 0 Å². The number of rotatable bonds is 4. The third-order valence-electron chi connectivity index (χ3n) is 2.74. The van der Waals surface area contributed by atoms with Crippen LogP contribution in [0, 0.1) is 0 Å². The molecule has 0 saturated carbocycles. The molecule has 18 heavy (non-hydrogen) atoms. The van der Waals surface area contributed by atoms with Gasteiger partial charge < -0.3 is 15.2 Å². The molecule has 1 aromatic carbocycles. The van der Waals surface area contributed by atoms with E-state index in [2.05, 4.69) is 5.32 Å². The summed E-state index contributed by atoms with van der Waals surface area (Å²) in [6.45, 7) is 0.405. The molecule has 6 heteroatoms. The number of aliphatic hydroxyl groups is 1. The zero-order chi connectivity index (χ0) is 12.3. The van der Waals surface area contributed by atoms with Gasteiger partial charge in [0.1, 0.15) is 12.1 Å². The van der Waals surface area contributed by atoms with E-state index in [-0.39, 0.29) is 37.1 Å². The average Bonchev–Trinajstić information content (AvgIpc) is 2.69. The normalized spacial score (nSPS) is 22.4. The molecule has 1 aromatic rings. The van der Waals surface area contributed by atoms with Gasteiger partial charge in [0.25, 0.3) is 0 Å². The van der Waals surface area contributed by atoms with Crippen molar-refractivity contribution in [3.8, 4) is 0 Å². The fraction of sp³-hybridized carbons (Fsp3) is 0.417. The number of carbonyl (C=O) groups excluding carboxylic acids is 1. The summed E-state index contributed by atoms with van der Waals surface area (Å²) in [5.41, 5.74) is 0.941. The number of nitrogens with one attached hydrogen (secondary N) is 1. The van der Waals surface area contributed by atoms with Gasteiger partial charge in [0.05, 0.1) is 6.61 Å². The van der Waals surface area contributed by atoms with Crippen molar-refractivity contribution in [2.24, 2.45) is 0 Å². The van der Waals surface area contributed by atoms with Crippen LogP contribution in [0.3, 0.4) is 0 Å². The number of hydrogen-bond acceptors (Lipinski definition) is 4. The van der Waals surface area contributed by atoms with Crippen molar-refractivity contribution in [3.05, 3.63) is 34.9 Å². The van der Waals surface area contributed by atoms with Crippen LogP contribution in [0.15, 0.2) is 24.3 Å². The van der Waals surface area contributed by atoms with Gasteiger partial charge in [0.15, 0.2) is 0 Å². The molecule has 4 nitrogen and oxygen atoms in total. The highest BCUT2D eigenvalue weighted by atomic mass is 35.5. The smallest absolute Gasteiger partial charge is 0.323 e. The second-order valence-corrected chi connectivity index (χ2v) is 4.38. The van der Waals surface area contributed by atoms with Crippen LogP contribution in [0.4, 0.5) is 0 Å². The van der Waals surface area contributed by atoms with Crippen molar-refractivity contribution in [2.75, 3.05) is 13.2 Å².